The van der Waals surface area contributed by atoms with E-state index in [9.17, 15) is 17.8 Å². The first-order valence-electron chi connectivity index (χ1n) is 10.4. The summed E-state index contributed by atoms with van der Waals surface area (Å²) >= 11 is 0. The van der Waals surface area contributed by atoms with Crippen molar-refractivity contribution in [1.29, 1.82) is 0 Å². The molecule has 2 heterocycles. The van der Waals surface area contributed by atoms with E-state index in [1.807, 2.05) is 62.5 Å². The molecule has 4 rings (SSSR count). The summed E-state index contributed by atoms with van der Waals surface area (Å²) in [4.78, 5) is 15.6. The molecule has 0 atom stereocenters. The molecule has 0 unspecified atom stereocenters. The number of para-hydroxylation sites is 1. The van der Waals surface area contributed by atoms with E-state index in [0.29, 0.717) is 5.56 Å². The van der Waals surface area contributed by atoms with E-state index >= 15 is 0 Å². The lowest BCUT2D eigenvalue weighted by atomic mass is 9.74. The molecule has 1 N–H and O–H groups in total. The Bertz CT molecular complexity index is 1260. The molecule has 0 bridgehead atoms. The highest BCUT2D eigenvalue weighted by molar-refractivity contribution is 7.85. The third-order valence-electron chi connectivity index (χ3n) is 6.05. The topological polar surface area (TPSA) is 77.9 Å². The van der Waals surface area contributed by atoms with Gasteiger partial charge in [0, 0.05) is 48.2 Å². The van der Waals surface area contributed by atoms with Gasteiger partial charge in [-0.2, -0.15) is 8.42 Å². The number of amides is 1. The Balaban J connectivity index is 1.68. The predicted molar refractivity (Wildman–Crippen MR) is 126 cm³/mol. The van der Waals surface area contributed by atoms with Crippen LogP contribution in [0.3, 0.4) is 0 Å². The molecule has 2 aromatic rings. The smallest absolute Gasteiger partial charge is 0.294 e. The van der Waals surface area contributed by atoms with Gasteiger partial charge < -0.3 is 4.90 Å². The fourth-order valence-electron chi connectivity index (χ4n) is 4.43. The number of rotatable bonds is 5. The summed E-state index contributed by atoms with van der Waals surface area (Å²) in [6, 6.07) is 12.7. The lowest BCUT2D eigenvalue weighted by Gasteiger charge is -2.38. The molecule has 2 aromatic carbocycles. The van der Waals surface area contributed by atoms with E-state index in [2.05, 4.69) is 4.90 Å². The summed E-state index contributed by atoms with van der Waals surface area (Å²) in [7, 11) is -4.36. The summed E-state index contributed by atoms with van der Waals surface area (Å²) in [6.07, 6.45) is 10.1. The summed E-state index contributed by atoms with van der Waals surface area (Å²) in [5.74, 6) is -0.102. The van der Waals surface area contributed by atoms with E-state index in [1.54, 1.807) is 23.2 Å². The maximum absolute atomic E-state index is 12.1. The maximum Gasteiger partial charge on any atom is 0.294 e. The van der Waals surface area contributed by atoms with Crippen LogP contribution < -0.4 is 9.80 Å². The van der Waals surface area contributed by atoms with Gasteiger partial charge in [0.2, 0.25) is 5.91 Å². The molecule has 0 spiro atoms. The Morgan fingerprint density at radius 2 is 1.84 bits per heavy atom. The van der Waals surface area contributed by atoms with Crippen molar-refractivity contribution in [1.82, 2.24) is 0 Å². The summed E-state index contributed by atoms with van der Waals surface area (Å²) in [5.41, 5.74) is 3.63. The van der Waals surface area contributed by atoms with Crippen LogP contribution in [0.15, 0.2) is 83.6 Å². The van der Waals surface area contributed by atoms with Crippen LogP contribution in [-0.2, 0) is 26.7 Å². The number of carbonyl (C=O) groups is 1. The molecule has 166 valence electrons. The Labute approximate surface area is 188 Å². The summed E-state index contributed by atoms with van der Waals surface area (Å²) < 4.78 is 34.1. The molecule has 2 aliphatic rings. The van der Waals surface area contributed by atoms with Crippen LogP contribution in [0.5, 0.6) is 0 Å². The first kappa shape index (κ1) is 22.0. The van der Waals surface area contributed by atoms with E-state index < -0.39 is 15.5 Å². The van der Waals surface area contributed by atoms with Crippen molar-refractivity contribution in [2.75, 3.05) is 16.3 Å². The molecule has 0 aromatic heterocycles. The van der Waals surface area contributed by atoms with E-state index in [0.717, 1.165) is 35.5 Å². The number of benzene rings is 2. The van der Waals surface area contributed by atoms with Gasteiger partial charge in [0.05, 0.1) is 0 Å². The first-order valence-corrected chi connectivity index (χ1v) is 11.9. The van der Waals surface area contributed by atoms with Crippen molar-refractivity contribution in [3.05, 3.63) is 89.8 Å². The Morgan fingerprint density at radius 1 is 1.12 bits per heavy atom. The monoisotopic (exact) mass is 450 g/mol. The Morgan fingerprint density at radius 3 is 2.50 bits per heavy atom. The van der Waals surface area contributed by atoms with Gasteiger partial charge in [-0.25, -0.2) is 0 Å². The van der Waals surface area contributed by atoms with Gasteiger partial charge in [0.25, 0.3) is 10.1 Å². The van der Waals surface area contributed by atoms with Crippen LogP contribution in [-0.4, -0.2) is 25.4 Å². The van der Waals surface area contributed by atoms with E-state index in [1.165, 1.54) is 13.0 Å². The highest BCUT2D eigenvalue weighted by atomic mass is 32.2. The Kier molecular flexibility index (Phi) is 5.56. The average molecular weight is 451 g/mol. The van der Waals surface area contributed by atoms with Gasteiger partial charge in [-0.05, 0) is 41.8 Å². The lowest BCUT2D eigenvalue weighted by molar-refractivity contribution is -0.116. The van der Waals surface area contributed by atoms with Gasteiger partial charge in [-0.15, -0.1) is 0 Å². The van der Waals surface area contributed by atoms with Crippen molar-refractivity contribution >= 4 is 27.4 Å². The van der Waals surface area contributed by atoms with Gasteiger partial charge in [-0.3, -0.25) is 14.2 Å². The van der Waals surface area contributed by atoms with Crippen LogP contribution in [0.2, 0.25) is 0 Å². The minimum Gasteiger partial charge on any atom is -0.347 e. The highest BCUT2D eigenvalue weighted by Gasteiger charge is 2.40. The van der Waals surface area contributed by atoms with E-state index in [-0.39, 0.29) is 10.8 Å². The van der Waals surface area contributed by atoms with E-state index in [4.69, 9.17) is 0 Å². The maximum atomic E-state index is 12.1. The van der Waals surface area contributed by atoms with Crippen molar-refractivity contribution in [2.24, 2.45) is 0 Å². The number of carbonyl (C=O) groups excluding carboxylic acids is 1. The Hall–Kier alpha value is -3.16. The molecule has 7 heteroatoms. The highest BCUT2D eigenvalue weighted by Crippen LogP contribution is 2.49. The third-order valence-corrected chi connectivity index (χ3v) is 6.94. The fourth-order valence-corrected chi connectivity index (χ4v) is 5.28. The third kappa shape index (κ3) is 3.89. The van der Waals surface area contributed by atoms with Gasteiger partial charge in [0.15, 0.2) is 0 Å². The van der Waals surface area contributed by atoms with Crippen molar-refractivity contribution in [3.63, 3.8) is 0 Å². The second-order valence-corrected chi connectivity index (χ2v) is 9.89. The minimum absolute atomic E-state index is 0.0467. The van der Waals surface area contributed by atoms with Gasteiger partial charge in [0.1, 0.15) is 4.90 Å². The second-order valence-electron chi connectivity index (χ2n) is 8.50. The predicted octanol–water partition coefficient (Wildman–Crippen LogP) is 4.59. The quantitative estimate of drug-likeness (QED) is 0.532. The molecule has 6 nitrogen and oxygen atoms in total. The zero-order valence-electron chi connectivity index (χ0n) is 18.3. The zero-order valence-corrected chi connectivity index (χ0v) is 19.1. The van der Waals surface area contributed by atoms with Gasteiger partial charge in [-0.1, -0.05) is 50.3 Å². The summed E-state index contributed by atoms with van der Waals surface area (Å²) in [5, 5.41) is 0. The SMILES string of the molecule is CC(=O)N(C=CC=CC1=CN2CCc3ccc(S(=O)(=O)O)c(c32)C1(C)C)c1ccccc1. The van der Waals surface area contributed by atoms with Gasteiger partial charge >= 0.3 is 0 Å². The summed E-state index contributed by atoms with van der Waals surface area (Å²) in [6.45, 7) is 6.18. The number of hydrogen-bond donors (Lipinski definition) is 1. The van der Waals surface area contributed by atoms with Crippen molar-refractivity contribution in [2.45, 2.75) is 37.5 Å². The molecule has 0 radical (unpaired) electrons. The largest absolute Gasteiger partial charge is 0.347 e. The molecule has 32 heavy (non-hydrogen) atoms. The molecule has 0 saturated carbocycles. The first-order chi connectivity index (χ1) is 15.1. The number of hydrogen-bond acceptors (Lipinski definition) is 4. The number of anilines is 2. The van der Waals surface area contributed by atoms with Crippen LogP contribution in [0.4, 0.5) is 11.4 Å². The van der Waals surface area contributed by atoms with Crippen LogP contribution in [0.1, 0.15) is 31.9 Å². The normalized spacial score (nSPS) is 17.0. The van der Waals surface area contributed by atoms with Crippen molar-refractivity contribution < 1.29 is 17.8 Å². The van der Waals surface area contributed by atoms with Crippen LogP contribution in [0, 0.1) is 0 Å². The second kappa shape index (κ2) is 8.07. The lowest BCUT2D eigenvalue weighted by Crippen LogP contribution is -2.32. The molecular formula is C25H26N2O4S. The number of allylic oxidation sites excluding steroid dienone is 4. The van der Waals surface area contributed by atoms with Crippen LogP contribution >= 0.6 is 0 Å². The van der Waals surface area contributed by atoms with Crippen LogP contribution in [0.25, 0.3) is 0 Å². The standard InChI is InChI=1S/C25H26N2O4S/c1-18(28)27(21-10-5-4-6-11-21)15-8-7-9-20-17-26-16-14-19-12-13-22(32(29,30)31)23(24(19)26)25(20,2)3/h4-13,15,17H,14,16H2,1-3H3,(H,29,30,31). The number of nitrogens with zero attached hydrogens (tertiary/aromatic N) is 2. The molecule has 2 aliphatic heterocycles. The molecular weight excluding hydrogens is 424 g/mol. The van der Waals surface area contributed by atoms with Crippen molar-refractivity contribution in [3.8, 4) is 0 Å². The minimum atomic E-state index is -4.36. The average Bonchev–Trinajstić information content (AvgIpc) is 3.14. The molecule has 0 fully saturated rings. The molecule has 1 amide bonds. The zero-order chi connectivity index (χ0) is 23.1. The molecule has 0 saturated heterocycles. The molecule has 0 aliphatic carbocycles. The fraction of sp³-hybridized carbons (Fsp3) is 0.240.